The summed E-state index contributed by atoms with van der Waals surface area (Å²) in [7, 11) is 0. The first-order valence-corrected chi connectivity index (χ1v) is 8.18. The van der Waals surface area contributed by atoms with Crippen LogP contribution in [0.4, 0.5) is 4.79 Å². The summed E-state index contributed by atoms with van der Waals surface area (Å²) in [5, 5.41) is 12.0. The first kappa shape index (κ1) is 16.8. The molecule has 1 fully saturated rings. The molecular weight excluding hydrogens is 278 g/mol. The molecule has 122 valence electrons. The van der Waals surface area contributed by atoms with Crippen molar-refractivity contribution in [3.63, 3.8) is 0 Å². The number of carbonyl (C=O) groups is 1. The van der Waals surface area contributed by atoms with E-state index in [0.717, 1.165) is 51.1 Å². The van der Waals surface area contributed by atoms with Gasteiger partial charge >= 0.3 is 6.03 Å². The molecule has 22 heavy (non-hydrogen) atoms. The smallest absolute Gasteiger partial charge is 0.317 e. The maximum Gasteiger partial charge on any atom is 0.317 e. The van der Waals surface area contributed by atoms with E-state index in [1.54, 1.807) is 0 Å². The molecule has 0 aromatic heterocycles. The highest BCUT2D eigenvalue weighted by Gasteiger charge is 2.22. The number of carbonyl (C=O) groups excluding carboxylic acids is 1. The SMILES string of the molecule is CC[C@H](NC(=O)N1CCN(CCCO)CC1)c1ccccc1. The molecule has 0 saturated carbocycles. The zero-order chi connectivity index (χ0) is 15.8. The molecule has 2 amide bonds. The number of aliphatic hydroxyl groups is 1. The van der Waals surface area contributed by atoms with Gasteiger partial charge in [-0.1, -0.05) is 37.3 Å². The molecule has 1 aliphatic heterocycles. The van der Waals surface area contributed by atoms with Gasteiger partial charge in [0.15, 0.2) is 0 Å². The van der Waals surface area contributed by atoms with Gasteiger partial charge in [0.25, 0.3) is 0 Å². The normalized spacial score (nSPS) is 17.3. The molecule has 5 nitrogen and oxygen atoms in total. The van der Waals surface area contributed by atoms with Gasteiger partial charge in [0.2, 0.25) is 0 Å². The van der Waals surface area contributed by atoms with E-state index in [2.05, 4.69) is 29.3 Å². The topological polar surface area (TPSA) is 55.8 Å². The van der Waals surface area contributed by atoms with E-state index in [1.807, 2.05) is 23.1 Å². The molecule has 2 N–H and O–H groups in total. The molecule has 1 aromatic rings. The molecule has 0 aliphatic carbocycles. The van der Waals surface area contributed by atoms with Gasteiger partial charge in [0.1, 0.15) is 0 Å². The van der Waals surface area contributed by atoms with E-state index in [1.165, 1.54) is 0 Å². The fourth-order valence-electron chi connectivity index (χ4n) is 2.82. The average molecular weight is 305 g/mol. The van der Waals surface area contributed by atoms with Gasteiger partial charge in [-0.15, -0.1) is 0 Å². The van der Waals surface area contributed by atoms with Gasteiger partial charge in [-0.05, 0) is 18.4 Å². The molecule has 0 radical (unpaired) electrons. The van der Waals surface area contributed by atoms with Crippen molar-refractivity contribution >= 4 is 6.03 Å². The van der Waals surface area contributed by atoms with Crippen LogP contribution in [0.1, 0.15) is 31.4 Å². The van der Waals surface area contributed by atoms with Crippen LogP contribution in [0.25, 0.3) is 0 Å². The van der Waals surface area contributed by atoms with Crippen LogP contribution in [0, 0.1) is 0 Å². The Hall–Kier alpha value is -1.59. The Labute approximate surface area is 132 Å². The maximum atomic E-state index is 12.4. The predicted molar refractivity (Wildman–Crippen MR) is 87.7 cm³/mol. The van der Waals surface area contributed by atoms with E-state index in [4.69, 9.17) is 5.11 Å². The summed E-state index contributed by atoms with van der Waals surface area (Å²) >= 11 is 0. The fourth-order valence-corrected chi connectivity index (χ4v) is 2.82. The number of hydrogen-bond acceptors (Lipinski definition) is 3. The van der Waals surface area contributed by atoms with Crippen LogP contribution in [0.2, 0.25) is 0 Å². The number of piperazine rings is 1. The Morgan fingerprint density at radius 1 is 1.23 bits per heavy atom. The molecule has 1 aliphatic rings. The van der Waals surface area contributed by atoms with E-state index in [9.17, 15) is 4.79 Å². The van der Waals surface area contributed by atoms with Crippen molar-refractivity contribution < 1.29 is 9.90 Å². The summed E-state index contributed by atoms with van der Waals surface area (Å²) < 4.78 is 0. The molecule has 2 rings (SSSR count). The van der Waals surface area contributed by atoms with Gasteiger partial charge < -0.3 is 15.3 Å². The standard InChI is InChI=1S/C17H27N3O2/c1-2-16(15-7-4-3-5-8-15)18-17(22)20-12-10-19(11-13-20)9-6-14-21/h3-5,7-8,16,21H,2,6,9-14H2,1H3,(H,18,22)/t16-/m0/s1. The van der Waals surface area contributed by atoms with Crippen LogP contribution in [-0.4, -0.2) is 60.3 Å². The fraction of sp³-hybridized carbons (Fsp3) is 0.588. The van der Waals surface area contributed by atoms with Crippen LogP contribution < -0.4 is 5.32 Å². The summed E-state index contributed by atoms with van der Waals surface area (Å²) in [6.07, 6.45) is 1.68. The third-order valence-electron chi connectivity index (χ3n) is 4.20. The summed E-state index contributed by atoms with van der Waals surface area (Å²) in [6.45, 7) is 6.50. The third-order valence-corrected chi connectivity index (χ3v) is 4.20. The van der Waals surface area contributed by atoms with Crippen molar-refractivity contribution in [3.05, 3.63) is 35.9 Å². The van der Waals surface area contributed by atoms with Crippen molar-refractivity contribution in [2.45, 2.75) is 25.8 Å². The van der Waals surface area contributed by atoms with Crippen molar-refractivity contribution in [2.24, 2.45) is 0 Å². The lowest BCUT2D eigenvalue weighted by molar-refractivity contribution is 0.130. The molecule has 1 aromatic carbocycles. The Balaban J connectivity index is 1.82. The summed E-state index contributed by atoms with van der Waals surface area (Å²) in [5.41, 5.74) is 1.15. The second-order valence-electron chi connectivity index (χ2n) is 5.73. The molecule has 1 saturated heterocycles. The molecule has 0 unspecified atom stereocenters. The average Bonchev–Trinajstić information content (AvgIpc) is 2.58. The van der Waals surface area contributed by atoms with Gasteiger partial charge in [-0.3, -0.25) is 4.90 Å². The molecule has 1 atom stereocenters. The summed E-state index contributed by atoms with van der Waals surface area (Å²) in [6, 6.07) is 10.2. The van der Waals surface area contributed by atoms with Crippen molar-refractivity contribution in [1.29, 1.82) is 0 Å². The van der Waals surface area contributed by atoms with E-state index < -0.39 is 0 Å². The Morgan fingerprint density at radius 2 is 1.91 bits per heavy atom. The Kier molecular flexibility index (Phi) is 6.68. The molecule has 5 heteroatoms. The minimum absolute atomic E-state index is 0.0255. The van der Waals surface area contributed by atoms with E-state index in [-0.39, 0.29) is 18.7 Å². The minimum atomic E-state index is 0.0255. The molecule has 0 bridgehead atoms. The first-order valence-electron chi connectivity index (χ1n) is 8.18. The second-order valence-corrected chi connectivity index (χ2v) is 5.73. The lowest BCUT2D eigenvalue weighted by Gasteiger charge is -2.35. The van der Waals surface area contributed by atoms with Gasteiger partial charge in [0, 0.05) is 39.3 Å². The van der Waals surface area contributed by atoms with E-state index in [0.29, 0.717) is 0 Å². The van der Waals surface area contributed by atoms with Crippen molar-refractivity contribution in [1.82, 2.24) is 15.1 Å². The Morgan fingerprint density at radius 3 is 2.50 bits per heavy atom. The number of amides is 2. The van der Waals surface area contributed by atoms with Crippen LogP contribution >= 0.6 is 0 Å². The van der Waals surface area contributed by atoms with Crippen LogP contribution in [0.5, 0.6) is 0 Å². The van der Waals surface area contributed by atoms with Crippen molar-refractivity contribution in [3.8, 4) is 0 Å². The largest absolute Gasteiger partial charge is 0.396 e. The highest BCUT2D eigenvalue weighted by molar-refractivity contribution is 5.74. The number of hydrogen-bond donors (Lipinski definition) is 2. The lowest BCUT2D eigenvalue weighted by Crippen LogP contribution is -2.52. The predicted octanol–water partition coefficient (Wildman–Crippen LogP) is 1.85. The van der Waals surface area contributed by atoms with Gasteiger partial charge in [-0.25, -0.2) is 4.79 Å². The maximum absolute atomic E-state index is 12.4. The lowest BCUT2D eigenvalue weighted by atomic mass is 10.1. The first-order chi connectivity index (χ1) is 10.7. The van der Waals surface area contributed by atoms with Crippen LogP contribution in [-0.2, 0) is 0 Å². The monoisotopic (exact) mass is 305 g/mol. The van der Waals surface area contributed by atoms with E-state index >= 15 is 0 Å². The quantitative estimate of drug-likeness (QED) is 0.843. The third kappa shape index (κ3) is 4.71. The van der Waals surface area contributed by atoms with Gasteiger partial charge in [-0.2, -0.15) is 0 Å². The molecule has 1 heterocycles. The molecule has 0 spiro atoms. The number of nitrogens with one attached hydrogen (secondary N) is 1. The van der Waals surface area contributed by atoms with Gasteiger partial charge in [0.05, 0.1) is 6.04 Å². The second kappa shape index (κ2) is 8.76. The number of benzene rings is 1. The minimum Gasteiger partial charge on any atom is -0.396 e. The number of nitrogens with zero attached hydrogens (tertiary/aromatic N) is 2. The van der Waals surface area contributed by atoms with Crippen molar-refractivity contribution in [2.75, 3.05) is 39.3 Å². The highest BCUT2D eigenvalue weighted by Crippen LogP contribution is 2.16. The number of aliphatic hydroxyl groups excluding tert-OH is 1. The molecular formula is C17H27N3O2. The zero-order valence-corrected chi connectivity index (χ0v) is 13.4. The number of rotatable bonds is 6. The van der Waals surface area contributed by atoms with Crippen LogP contribution in [0.15, 0.2) is 30.3 Å². The highest BCUT2D eigenvalue weighted by atomic mass is 16.3. The zero-order valence-electron chi connectivity index (χ0n) is 13.4. The van der Waals surface area contributed by atoms with Crippen LogP contribution in [0.3, 0.4) is 0 Å². The summed E-state index contributed by atoms with van der Waals surface area (Å²) in [4.78, 5) is 16.6. The Bertz CT molecular complexity index is 444. The summed E-state index contributed by atoms with van der Waals surface area (Å²) in [5.74, 6) is 0. The number of urea groups is 1.